The number of nitrogens with zero attached hydrogens (tertiary/aromatic N) is 2. The third-order valence-corrected chi connectivity index (χ3v) is 2.81. The second kappa shape index (κ2) is 7.07. The molecule has 0 atom stereocenters. The molecule has 0 unspecified atom stereocenters. The average molecular weight is 301 g/mol. The van der Waals surface area contributed by atoms with Gasteiger partial charge in [0.1, 0.15) is 5.82 Å². The van der Waals surface area contributed by atoms with Crippen molar-refractivity contribution in [1.82, 2.24) is 5.43 Å². The number of halogens is 1. The van der Waals surface area contributed by atoms with Crippen LogP contribution in [0, 0.1) is 15.9 Å². The number of amides is 1. The van der Waals surface area contributed by atoms with Crippen molar-refractivity contribution in [3.63, 3.8) is 0 Å². The van der Waals surface area contributed by atoms with Gasteiger partial charge in [0, 0.05) is 11.6 Å². The molecule has 0 aliphatic carbocycles. The molecule has 0 aliphatic rings. The zero-order valence-corrected chi connectivity index (χ0v) is 11.4. The van der Waals surface area contributed by atoms with Crippen molar-refractivity contribution in [2.24, 2.45) is 5.10 Å². The van der Waals surface area contributed by atoms with E-state index in [1.165, 1.54) is 48.7 Å². The Balaban J connectivity index is 1.96. The molecule has 6 nitrogen and oxygen atoms in total. The first-order valence-electron chi connectivity index (χ1n) is 6.36. The molecule has 0 radical (unpaired) electrons. The maximum absolute atomic E-state index is 12.7. The van der Waals surface area contributed by atoms with Crippen molar-refractivity contribution in [3.8, 4) is 0 Å². The molecule has 0 bridgehead atoms. The number of hydrogen-bond acceptors (Lipinski definition) is 4. The Morgan fingerprint density at radius 3 is 2.59 bits per heavy atom. The SMILES string of the molecule is O=C(Cc1ccccc1[N+](=O)[O-])N/N=C/c1ccc(F)cc1. The van der Waals surface area contributed by atoms with Crippen molar-refractivity contribution < 1.29 is 14.1 Å². The maximum atomic E-state index is 12.7. The lowest BCUT2D eigenvalue weighted by atomic mass is 10.1. The summed E-state index contributed by atoms with van der Waals surface area (Å²) in [6.07, 6.45) is 1.20. The maximum Gasteiger partial charge on any atom is 0.273 e. The zero-order valence-electron chi connectivity index (χ0n) is 11.4. The van der Waals surface area contributed by atoms with Crippen LogP contribution < -0.4 is 5.43 Å². The van der Waals surface area contributed by atoms with Gasteiger partial charge in [-0.3, -0.25) is 14.9 Å². The standard InChI is InChI=1S/C15H12FN3O3/c16-13-7-5-11(6-8-13)10-17-18-15(20)9-12-3-1-2-4-14(12)19(21)22/h1-8,10H,9H2,(H,18,20)/b17-10+. The van der Waals surface area contributed by atoms with E-state index in [0.717, 1.165) is 0 Å². The molecule has 0 aromatic heterocycles. The van der Waals surface area contributed by atoms with Crippen LogP contribution in [0.15, 0.2) is 53.6 Å². The van der Waals surface area contributed by atoms with E-state index in [1.807, 2.05) is 0 Å². The van der Waals surface area contributed by atoms with Gasteiger partial charge in [0.15, 0.2) is 0 Å². The minimum atomic E-state index is -0.537. The number of nitro groups is 1. The fourth-order valence-corrected chi connectivity index (χ4v) is 1.78. The van der Waals surface area contributed by atoms with Gasteiger partial charge in [0.25, 0.3) is 5.69 Å². The number of hydrogen-bond donors (Lipinski definition) is 1. The predicted molar refractivity (Wildman–Crippen MR) is 78.9 cm³/mol. The first-order valence-corrected chi connectivity index (χ1v) is 6.36. The Hall–Kier alpha value is -3.09. The fourth-order valence-electron chi connectivity index (χ4n) is 1.78. The summed E-state index contributed by atoms with van der Waals surface area (Å²) in [6.45, 7) is 0. The molecule has 2 rings (SSSR count). The van der Waals surface area contributed by atoms with Crippen LogP contribution in [0.1, 0.15) is 11.1 Å². The average Bonchev–Trinajstić information content (AvgIpc) is 2.49. The van der Waals surface area contributed by atoms with E-state index < -0.39 is 10.8 Å². The molecule has 0 spiro atoms. The van der Waals surface area contributed by atoms with Gasteiger partial charge in [-0.1, -0.05) is 30.3 Å². The van der Waals surface area contributed by atoms with Crippen molar-refractivity contribution in [1.29, 1.82) is 0 Å². The van der Waals surface area contributed by atoms with E-state index in [2.05, 4.69) is 10.5 Å². The normalized spacial score (nSPS) is 10.6. The lowest BCUT2D eigenvalue weighted by molar-refractivity contribution is -0.385. The van der Waals surface area contributed by atoms with E-state index in [1.54, 1.807) is 6.07 Å². The monoisotopic (exact) mass is 301 g/mol. The first kappa shape index (κ1) is 15.3. The van der Waals surface area contributed by atoms with Gasteiger partial charge in [0.2, 0.25) is 5.91 Å². The van der Waals surface area contributed by atoms with E-state index in [9.17, 15) is 19.3 Å². The lowest BCUT2D eigenvalue weighted by Crippen LogP contribution is -2.20. The summed E-state index contributed by atoms with van der Waals surface area (Å²) in [5.41, 5.74) is 3.09. The molecular weight excluding hydrogens is 289 g/mol. The highest BCUT2D eigenvalue weighted by Gasteiger charge is 2.14. The molecule has 1 N–H and O–H groups in total. The summed E-state index contributed by atoms with van der Waals surface area (Å²) in [5.74, 6) is -0.842. The van der Waals surface area contributed by atoms with Crippen molar-refractivity contribution in [3.05, 3.63) is 75.6 Å². The Kier molecular flexibility index (Phi) is 4.92. The molecule has 112 valence electrons. The van der Waals surface area contributed by atoms with Gasteiger partial charge >= 0.3 is 0 Å². The van der Waals surface area contributed by atoms with E-state index >= 15 is 0 Å². The summed E-state index contributed by atoms with van der Waals surface area (Å²) >= 11 is 0. The molecule has 0 aliphatic heterocycles. The van der Waals surface area contributed by atoms with E-state index in [0.29, 0.717) is 11.1 Å². The van der Waals surface area contributed by atoms with Gasteiger partial charge in [-0.2, -0.15) is 5.10 Å². The summed E-state index contributed by atoms with van der Waals surface area (Å²) in [7, 11) is 0. The summed E-state index contributed by atoms with van der Waals surface area (Å²) < 4.78 is 12.7. The lowest BCUT2D eigenvalue weighted by Gasteiger charge is -2.01. The predicted octanol–water partition coefficient (Wildman–Crippen LogP) is 2.43. The third-order valence-electron chi connectivity index (χ3n) is 2.81. The minimum Gasteiger partial charge on any atom is -0.273 e. The Morgan fingerprint density at radius 1 is 1.23 bits per heavy atom. The van der Waals surface area contributed by atoms with Gasteiger partial charge in [-0.25, -0.2) is 9.82 Å². The number of nitro benzene ring substituents is 1. The number of benzene rings is 2. The van der Waals surface area contributed by atoms with Crippen molar-refractivity contribution >= 4 is 17.8 Å². The molecule has 7 heteroatoms. The number of nitrogens with one attached hydrogen (secondary N) is 1. The number of hydrazone groups is 1. The van der Waals surface area contributed by atoms with Crippen molar-refractivity contribution in [2.45, 2.75) is 6.42 Å². The van der Waals surface area contributed by atoms with Crippen LogP contribution in [-0.4, -0.2) is 17.0 Å². The van der Waals surface area contributed by atoms with Gasteiger partial charge in [-0.05, 0) is 17.7 Å². The summed E-state index contributed by atoms with van der Waals surface area (Å²) in [6, 6.07) is 11.6. The third kappa shape index (κ3) is 4.20. The minimum absolute atomic E-state index is 0.111. The first-order chi connectivity index (χ1) is 10.6. The highest BCUT2D eigenvalue weighted by molar-refractivity contribution is 5.83. The van der Waals surface area contributed by atoms with Crippen molar-refractivity contribution in [2.75, 3.05) is 0 Å². The topological polar surface area (TPSA) is 84.6 Å². The van der Waals surface area contributed by atoms with Gasteiger partial charge in [-0.15, -0.1) is 0 Å². The van der Waals surface area contributed by atoms with Crippen LogP contribution in [0.4, 0.5) is 10.1 Å². The molecule has 2 aromatic carbocycles. The highest BCUT2D eigenvalue weighted by atomic mass is 19.1. The second-order valence-electron chi connectivity index (χ2n) is 4.41. The molecule has 2 aromatic rings. The highest BCUT2D eigenvalue weighted by Crippen LogP contribution is 2.17. The van der Waals surface area contributed by atoms with Crippen LogP contribution in [-0.2, 0) is 11.2 Å². The van der Waals surface area contributed by atoms with E-state index in [4.69, 9.17) is 0 Å². The van der Waals surface area contributed by atoms with Gasteiger partial charge < -0.3 is 0 Å². The molecule has 0 saturated heterocycles. The quantitative estimate of drug-likeness (QED) is 0.523. The smallest absolute Gasteiger partial charge is 0.273 e. The van der Waals surface area contributed by atoms with Crippen LogP contribution in [0.2, 0.25) is 0 Å². The largest absolute Gasteiger partial charge is 0.273 e. The second-order valence-corrected chi connectivity index (χ2v) is 4.41. The Labute approximate surface area is 125 Å². The Bertz CT molecular complexity index is 714. The zero-order chi connectivity index (χ0) is 15.9. The molecule has 22 heavy (non-hydrogen) atoms. The fraction of sp³-hybridized carbons (Fsp3) is 0.0667. The number of carbonyl (C=O) groups is 1. The summed E-state index contributed by atoms with van der Waals surface area (Å²) in [4.78, 5) is 22.0. The number of para-hydroxylation sites is 1. The molecule has 0 fully saturated rings. The molecular formula is C15H12FN3O3. The Morgan fingerprint density at radius 2 is 1.91 bits per heavy atom. The summed E-state index contributed by atoms with van der Waals surface area (Å²) in [5, 5.41) is 14.6. The number of carbonyl (C=O) groups excluding carboxylic acids is 1. The molecule has 0 heterocycles. The van der Waals surface area contributed by atoms with Crippen LogP contribution in [0.25, 0.3) is 0 Å². The molecule has 1 amide bonds. The van der Waals surface area contributed by atoms with Crippen LogP contribution in [0.3, 0.4) is 0 Å². The van der Waals surface area contributed by atoms with E-state index in [-0.39, 0.29) is 17.9 Å². The number of rotatable bonds is 5. The van der Waals surface area contributed by atoms with Gasteiger partial charge in [0.05, 0.1) is 17.6 Å². The molecule has 0 saturated carbocycles. The van der Waals surface area contributed by atoms with Crippen LogP contribution >= 0.6 is 0 Å². The van der Waals surface area contributed by atoms with Crippen LogP contribution in [0.5, 0.6) is 0 Å².